The quantitative estimate of drug-likeness (QED) is 0.496. The SMILES string of the molecule is C=CC(=O)Nc1cccc(N2CCc3ccc(Oc4ccc(C(F)(F)F)cc4)cc3C2=O)c1. The number of ether oxygens (including phenoxy) is 1. The number of nitrogens with one attached hydrogen (secondary N) is 1. The van der Waals surface area contributed by atoms with E-state index in [-0.39, 0.29) is 17.6 Å². The fourth-order valence-electron chi connectivity index (χ4n) is 3.55. The van der Waals surface area contributed by atoms with Crippen molar-refractivity contribution in [3.8, 4) is 11.5 Å². The first-order valence-corrected chi connectivity index (χ1v) is 10.1. The fraction of sp³-hybridized carbons (Fsp3) is 0.120. The van der Waals surface area contributed by atoms with Gasteiger partial charge < -0.3 is 15.0 Å². The number of halogens is 3. The zero-order valence-electron chi connectivity index (χ0n) is 17.4. The molecule has 8 heteroatoms. The number of alkyl halides is 3. The van der Waals surface area contributed by atoms with E-state index in [1.54, 1.807) is 47.4 Å². The van der Waals surface area contributed by atoms with Gasteiger partial charge in [0.2, 0.25) is 5.91 Å². The van der Waals surface area contributed by atoms with E-state index in [1.165, 1.54) is 12.1 Å². The van der Waals surface area contributed by atoms with Crippen LogP contribution in [0, 0.1) is 0 Å². The Bertz CT molecular complexity index is 1220. The smallest absolute Gasteiger partial charge is 0.416 e. The van der Waals surface area contributed by atoms with Crippen LogP contribution in [0.2, 0.25) is 0 Å². The monoisotopic (exact) mass is 452 g/mol. The van der Waals surface area contributed by atoms with Crippen molar-refractivity contribution >= 4 is 23.2 Å². The number of anilines is 2. The van der Waals surface area contributed by atoms with Gasteiger partial charge in [-0.2, -0.15) is 13.2 Å². The van der Waals surface area contributed by atoms with E-state index < -0.39 is 11.7 Å². The van der Waals surface area contributed by atoms with Crippen LogP contribution in [0.4, 0.5) is 24.5 Å². The highest BCUT2D eigenvalue weighted by Crippen LogP contribution is 2.33. The van der Waals surface area contributed by atoms with Crippen molar-refractivity contribution in [2.45, 2.75) is 12.6 Å². The van der Waals surface area contributed by atoms with Gasteiger partial charge in [-0.15, -0.1) is 0 Å². The normalized spacial score (nSPS) is 13.3. The summed E-state index contributed by atoms with van der Waals surface area (Å²) < 4.78 is 43.9. The Morgan fingerprint density at radius 2 is 1.76 bits per heavy atom. The van der Waals surface area contributed by atoms with Gasteiger partial charge in [0.1, 0.15) is 11.5 Å². The van der Waals surface area contributed by atoms with E-state index in [9.17, 15) is 22.8 Å². The predicted molar refractivity (Wildman–Crippen MR) is 119 cm³/mol. The Labute approximate surface area is 188 Å². The second kappa shape index (κ2) is 8.82. The number of hydrogen-bond donors (Lipinski definition) is 1. The molecule has 1 aliphatic heterocycles. The van der Waals surface area contributed by atoms with Gasteiger partial charge in [-0.05, 0) is 72.7 Å². The van der Waals surface area contributed by atoms with Gasteiger partial charge in [0.05, 0.1) is 5.56 Å². The Kier molecular flexibility index (Phi) is 5.91. The topological polar surface area (TPSA) is 58.6 Å². The highest BCUT2D eigenvalue weighted by atomic mass is 19.4. The molecule has 0 radical (unpaired) electrons. The van der Waals surface area contributed by atoms with Gasteiger partial charge in [0, 0.05) is 23.5 Å². The molecular formula is C25H19F3N2O3. The molecule has 3 aromatic carbocycles. The zero-order valence-corrected chi connectivity index (χ0v) is 17.4. The second-order valence-electron chi connectivity index (χ2n) is 7.39. The Morgan fingerprint density at radius 1 is 1.03 bits per heavy atom. The maximum Gasteiger partial charge on any atom is 0.416 e. The van der Waals surface area contributed by atoms with Gasteiger partial charge >= 0.3 is 6.18 Å². The number of rotatable bonds is 5. The summed E-state index contributed by atoms with van der Waals surface area (Å²) in [6, 6.07) is 16.3. The molecule has 1 aliphatic rings. The average Bonchev–Trinajstić information content (AvgIpc) is 2.79. The molecule has 0 unspecified atom stereocenters. The molecule has 1 heterocycles. The van der Waals surface area contributed by atoms with Crippen LogP contribution in [0.15, 0.2) is 79.4 Å². The first kappa shape index (κ1) is 22.1. The van der Waals surface area contributed by atoms with Crippen molar-refractivity contribution in [3.05, 3.63) is 96.1 Å². The molecular weight excluding hydrogens is 433 g/mol. The van der Waals surface area contributed by atoms with Crippen LogP contribution in [-0.2, 0) is 17.4 Å². The standard InChI is InChI=1S/C25H19F3N2O3/c1-2-23(31)29-18-4-3-5-19(14-18)30-13-12-16-6-9-21(15-22(16)24(30)32)33-20-10-7-17(8-11-20)25(26,27)28/h2-11,14-15H,1,12-13H2,(H,29,31). The van der Waals surface area contributed by atoms with Crippen LogP contribution in [0.1, 0.15) is 21.5 Å². The molecule has 1 N–H and O–H groups in total. The molecule has 0 saturated carbocycles. The highest BCUT2D eigenvalue weighted by Gasteiger charge is 2.30. The minimum absolute atomic E-state index is 0.230. The summed E-state index contributed by atoms with van der Waals surface area (Å²) >= 11 is 0. The van der Waals surface area contributed by atoms with Gasteiger partial charge in [-0.1, -0.05) is 18.7 Å². The molecule has 4 rings (SSSR count). The number of carbonyl (C=O) groups excluding carboxylic acids is 2. The lowest BCUT2D eigenvalue weighted by molar-refractivity contribution is -0.137. The van der Waals surface area contributed by atoms with Crippen molar-refractivity contribution in [3.63, 3.8) is 0 Å². The lowest BCUT2D eigenvalue weighted by atomic mass is 9.98. The molecule has 0 spiro atoms. The third-order valence-electron chi connectivity index (χ3n) is 5.19. The number of amides is 2. The minimum atomic E-state index is -4.42. The maximum atomic E-state index is 13.2. The highest BCUT2D eigenvalue weighted by molar-refractivity contribution is 6.09. The molecule has 168 valence electrons. The molecule has 0 atom stereocenters. The number of hydrogen-bond acceptors (Lipinski definition) is 3. The molecule has 33 heavy (non-hydrogen) atoms. The third-order valence-corrected chi connectivity index (χ3v) is 5.19. The van der Waals surface area contributed by atoms with Crippen LogP contribution < -0.4 is 15.0 Å². The van der Waals surface area contributed by atoms with Crippen molar-refractivity contribution in [2.75, 3.05) is 16.8 Å². The summed E-state index contributed by atoms with van der Waals surface area (Å²) in [6.45, 7) is 3.88. The van der Waals surface area contributed by atoms with Crippen molar-refractivity contribution < 1.29 is 27.5 Å². The maximum absolute atomic E-state index is 13.2. The van der Waals surface area contributed by atoms with E-state index in [2.05, 4.69) is 11.9 Å². The first-order chi connectivity index (χ1) is 15.7. The largest absolute Gasteiger partial charge is 0.457 e. The Hall–Kier alpha value is -4.07. The van der Waals surface area contributed by atoms with Crippen LogP contribution in [0.25, 0.3) is 0 Å². The Morgan fingerprint density at radius 3 is 2.45 bits per heavy atom. The van der Waals surface area contributed by atoms with E-state index in [0.29, 0.717) is 35.7 Å². The molecule has 0 aliphatic carbocycles. The van der Waals surface area contributed by atoms with Gasteiger partial charge in [-0.3, -0.25) is 9.59 Å². The summed E-state index contributed by atoms with van der Waals surface area (Å²) in [4.78, 5) is 26.4. The Balaban J connectivity index is 1.55. The molecule has 5 nitrogen and oxygen atoms in total. The number of benzene rings is 3. The van der Waals surface area contributed by atoms with Gasteiger partial charge in [-0.25, -0.2) is 0 Å². The predicted octanol–water partition coefficient (Wildman–Crippen LogP) is 5.83. The molecule has 2 amide bonds. The summed E-state index contributed by atoms with van der Waals surface area (Å²) in [6.07, 6.45) is -2.65. The van der Waals surface area contributed by atoms with Crippen molar-refractivity contribution in [2.24, 2.45) is 0 Å². The fourth-order valence-corrected chi connectivity index (χ4v) is 3.55. The first-order valence-electron chi connectivity index (χ1n) is 10.1. The van der Waals surface area contributed by atoms with E-state index in [1.807, 2.05) is 0 Å². The van der Waals surface area contributed by atoms with E-state index >= 15 is 0 Å². The molecule has 0 aromatic heterocycles. The van der Waals surface area contributed by atoms with Crippen LogP contribution in [0.3, 0.4) is 0 Å². The second-order valence-corrected chi connectivity index (χ2v) is 7.39. The van der Waals surface area contributed by atoms with Crippen LogP contribution in [-0.4, -0.2) is 18.4 Å². The molecule has 3 aromatic rings. The lowest BCUT2D eigenvalue weighted by Crippen LogP contribution is -2.37. The third kappa shape index (κ3) is 4.90. The molecule has 0 saturated heterocycles. The molecule has 0 bridgehead atoms. The van der Waals surface area contributed by atoms with Crippen molar-refractivity contribution in [1.82, 2.24) is 0 Å². The summed E-state index contributed by atoms with van der Waals surface area (Å²) in [7, 11) is 0. The average molecular weight is 452 g/mol. The summed E-state index contributed by atoms with van der Waals surface area (Å²) in [5.74, 6) is -0.0155. The number of carbonyl (C=O) groups is 2. The van der Waals surface area contributed by atoms with Crippen LogP contribution >= 0.6 is 0 Å². The van der Waals surface area contributed by atoms with Gasteiger partial charge in [0.15, 0.2) is 0 Å². The van der Waals surface area contributed by atoms with Crippen molar-refractivity contribution in [1.29, 1.82) is 0 Å². The minimum Gasteiger partial charge on any atom is -0.457 e. The molecule has 0 fully saturated rings. The number of nitrogens with zero attached hydrogens (tertiary/aromatic N) is 1. The number of fused-ring (bicyclic) bond motifs is 1. The van der Waals surface area contributed by atoms with E-state index in [0.717, 1.165) is 23.8 Å². The van der Waals surface area contributed by atoms with Gasteiger partial charge in [0.25, 0.3) is 5.91 Å². The van der Waals surface area contributed by atoms with Crippen LogP contribution in [0.5, 0.6) is 11.5 Å². The summed E-state index contributed by atoms with van der Waals surface area (Å²) in [5, 5.41) is 2.67. The lowest BCUT2D eigenvalue weighted by Gasteiger charge is -2.29. The zero-order chi connectivity index (χ0) is 23.6. The van der Waals surface area contributed by atoms with E-state index in [4.69, 9.17) is 4.74 Å². The summed E-state index contributed by atoms with van der Waals surface area (Å²) in [5.41, 5.74) is 1.70.